The van der Waals surface area contributed by atoms with Gasteiger partial charge < -0.3 is 4.42 Å². The summed E-state index contributed by atoms with van der Waals surface area (Å²) in [6.45, 7) is 0. The lowest BCUT2D eigenvalue weighted by molar-refractivity contribution is 0.632. The molecule has 1 nitrogen and oxygen atoms in total. The molecule has 0 radical (unpaired) electrons. The van der Waals surface area contributed by atoms with Crippen LogP contribution in [0, 0.1) is 0 Å². The summed E-state index contributed by atoms with van der Waals surface area (Å²) in [5.74, 6) is 0.363. The maximum Gasteiger partial charge on any atom is 0.143 e. The van der Waals surface area contributed by atoms with E-state index in [2.05, 4.69) is 0 Å². The number of rotatable bonds is 4. The highest BCUT2D eigenvalue weighted by Gasteiger charge is 2.24. The molecule has 0 fully saturated rings. The number of fused-ring (bicyclic) bond motifs is 3. The summed E-state index contributed by atoms with van der Waals surface area (Å²) < 4.78 is 84.7. The van der Waals surface area contributed by atoms with Crippen molar-refractivity contribution in [3.05, 3.63) is 158 Å². The second-order valence-electron chi connectivity index (χ2n) is 9.80. The van der Waals surface area contributed by atoms with Crippen LogP contribution < -0.4 is 0 Å². The zero-order chi connectivity index (χ0) is 35.0. The minimum atomic E-state index is -0.481. The molecule has 192 valence electrons. The van der Waals surface area contributed by atoms with Crippen LogP contribution in [0.15, 0.2) is 162 Å². The maximum atomic E-state index is 9.09. The number of para-hydroxylation sites is 1. The minimum absolute atomic E-state index is 0.0256. The Bertz CT molecular complexity index is 2660. The summed E-state index contributed by atoms with van der Waals surface area (Å²) in [6.07, 6.45) is 0. The van der Waals surface area contributed by atoms with Crippen molar-refractivity contribution in [3.8, 4) is 44.7 Å². The lowest BCUT2D eigenvalue weighted by Gasteiger charge is -2.19. The van der Waals surface area contributed by atoms with Crippen LogP contribution in [0.4, 0.5) is 0 Å². The zero-order valence-electron chi connectivity index (χ0n) is 30.7. The van der Waals surface area contributed by atoms with Gasteiger partial charge in [0.2, 0.25) is 0 Å². The maximum absolute atomic E-state index is 9.09. The Kier molecular flexibility index (Phi) is 3.77. The summed E-state index contributed by atoms with van der Waals surface area (Å²) in [4.78, 5) is 0. The van der Waals surface area contributed by atoms with Crippen LogP contribution in [0.3, 0.4) is 0 Å². The van der Waals surface area contributed by atoms with Gasteiger partial charge in [-0.15, -0.1) is 0 Å². The molecule has 1 heteroatoms. The number of furan rings is 1. The standard InChI is InChI=1S/C40H26O/c1-4-14-27(15-5-1)30-24-25-33-35(26-30)37(28-16-6-2-7-17-28)31-20-10-11-21-32(31)38(33)39-34-22-12-13-23-36(34)41-40(39)29-18-8-3-9-19-29/h1-26H/i2D,6D,7D,12D,13D,16D,17D,22D,23D. The molecule has 0 amide bonds. The molecule has 0 atom stereocenters. The van der Waals surface area contributed by atoms with E-state index in [0.717, 1.165) is 11.1 Å². The third kappa shape index (κ3) is 3.86. The Morgan fingerprint density at radius 3 is 1.76 bits per heavy atom. The normalized spacial score (nSPS) is 14.5. The van der Waals surface area contributed by atoms with Crippen molar-refractivity contribution < 1.29 is 16.8 Å². The van der Waals surface area contributed by atoms with E-state index < -0.39 is 24.2 Å². The average molecular weight is 532 g/mol. The van der Waals surface area contributed by atoms with Gasteiger partial charge in [0.05, 0.1) is 12.3 Å². The van der Waals surface area contributed by atoms with Crippen molar-refractivity contribution in [3.63, 3.8) is 0 Å². The van der Waals surface area contributed by atoms with Crippen molar-refractivity contribution >= 4 is 32.5 Å². The van der Waals surface area contributed by atoms with E-state index >= 15 is 0 Å². The van der Waals surface area contributed by atoms with E-state index in [1.54, 1.807) is 0 Å². The van der Waals surface area contributed by atoms with Gasteiger partial charge in [-0.25, -0.2) is 0 Å². The van der Waals surface area contributed by atoms with Gasteiger partial charge in [-0.3, -0.25) is 0 Å². The van der Waals surface area contributed by atoms with Crippen molar-refractivity contribution in [2.45, 2.75) is 0 Å². The molecule has 0 saturated heterocycles. The van der Waals surface area contributed by atoms with Crippen LogP contribution in [0.1, 0.15) is 12.3 Å². The molecule has 0 aliphatic rings. The van der Waals surface area contributed by atoms with E-state index in [9.17, 15) is 0 Å². The van der Waals surface area contributed by atoms with E-state index in [-0.39, 0.29) is 46.7 Å². The van der Waals surface area contributed by atoms with E-state index in [4.69, 9.17) is 16.8 Å². The first-order valence-electron chi connectivity index (χ1n) is 17.8. The molecule has 1 heterocycles. The number of benzene rings is 7. The Morgan fingerprint density at radius 1 is 0.390 bits per heavy atom. The van der Waals surface area contributed by atoms with E-state index in [1.807, 2.05) is 103 Å². The molecule has 0 N–H and O–H groups in total. The monoisotopic (exact) mass is 531 g/mol. The molecule has 0 saturated carbocycles. The molecule has 0 aliphatic heterocycles. The first kappa shape index (κ1) is 16.0. The van der Waals surface area contributed by atoms with Gasteiger partial charge in [0, 0.05) is 22.1 Å². The lowest BCUT2D eigenvalue weighted by atomic mass is 9.83. The second kappa shape index (κ2) is 9.66. The SMILES string of the molecule is [2H]c1c([2H])c([2H])c(-c2c3ccccc3c(-c3c(-c4ccccc4)oc4c([2H])c([2H])c([2H])c([2H])c34)c3ccc(-c4ccccc4)cc23)c([2H])c1[2H]. The van der Waals surface area contributed by atoms with Crippen molar-refractivity contribution in [2.75, 3.05) is 0 Å². The van der Waals surface area contributed by atoms with Crippen LogP contribution in [0.25, 0.3) is 77.2 Å². The lowest BCUT2D eigenvalue weighted by Crippen LogP contribution is -1.92. The molecule has 0 unspecified atom stereocenters. The highest BCUT2D eigenvalue weighted by molar-refractivity contribution is 6.25. The molecule has 41 heavy (non-hydrogen) atoms. The quantitative estimate of drug-likeness (QED) is 0.206. The second-order valence-corrected chi connectivity index (χ2v) is 9.80. The molecule has 0 aliphatic carbocycles. The highest BCUT2D eigenvalue weighted by Crippen LogP contribution is 2.49. The Labute approximate surface area is 251 Å². The van der Waals surface area contributed by atoms with Crippen LogP contribution >= 0.6 is 0 Å². The van der Waals surface area contributed by atoms with Gasteiger partial charge in [-0.1, -0.05) is 145 Å². The molecular weight excluding hydrogens is 496 g/mol. The van der Waals surface area contributed by atoms with Crippen LogP contribution in [-0.4, -0.2) is 0 Å². The largest absolute Gasteiger partial charge is 0.455 e. The van der Waals surface area contributed by atoms with Crippen LogP contribution in [-0.2, 0) is 0 Å². The van der Waals surface area contributed by atoms with Crippen LogP contribution in [0.2, 0.25) is 0 Å². The summed E-state index contributed by atoms with van der Waals surface area (Å²) in [7, 11) is 0. The predicted octanol–water partition coefficient (Wildman–Crippen LogP) is 11.4. The smallest absolute Gasteiger partial charge is 0.143 e. The fourth-order valence-electron chi connectivity index (χ4n) is 5.75. The molecule has 0 spiro atoms. The highest BCUT2D eigenvalue weighted by atomic mass is 16.3. The van der Waals surface area contributed by atoms with Gasteiger partial charge >= 0.3 is 0 Å². The van der Waals surface area contributed by atoms with Gasteiger partial charge in [0.25, 0.3) is 0 Å². The Morgan fingerprint density at radius 2 is 1.00 bits per heavy atom. The van der Waals surface area contributed by atoms with Crippen molar-refractivity contribution in [1.29, 1.82) is 0 Å². The first-order chi connectivity index (χ1) is 24.1. The number of hydrogen-bond donors (Lipinski definition) is 0. The Hall–Kier alpha value is -5.40. The summed E-state index contributed by atoms with van der Waals surface area (Å²) in [6, 6.07) is 28.9. The van der Waals surface area contributed by atoms with E-state index in [1.165, 1.54) is 0 Å². The molecule has 0 bridgehead atoms. The Balaban J connectivity index is 1.64. The fourth-order valence-corrected chi connectivity index (χ4v) is 5.75. The van der Waals surface area contributed by atoms with Gasteiger partial charge in [0.1, 0.15) is 11.3 Å². The van der Waals surface area contributed by atoms with E-state index in [0.29, 0.717) is 49.6 Å². The molecular formula is C40H26O. The van der Waals surface area contributed by atoms with Crippen molar-refractivity contribution in [1.82, 2.24) is 0 Å². The molecule has 8 rings (SSSR count). The van der Waals surface area contributed by atoms with Crippen LogP contribution in [0.5, 0.6) is 0 Å². The molecule has 8 aromatic rings. The third-order valence-corrected chi connectivity index (χ3v) is 7.50. The van der Waals surface area contributed by atoms with Gasteiger partial charge in [-0.05, 0) is 55.9 Å². The van der Waals surface area contributed by atoms with Gasteiger partial charge in [0.15, 0.2) is 0 Å². The minimum Gasteiger partial charge on any atom is -0.455 e. The fraction of sp³-hybridized carbons (Fsp3) is 0. The topological polar surface area (TPSA) is 13.1 Å². The summed E-state index contributed by atoms with van der Waals surface area (Å²) >= 11 is 0. The molecule has 7 aromatic carbocycles. The number of hydrogen-bond acceptors (Lipinski definition) is 1. The predicted molar refractivity (Wildman–Crippen MR) is 173 cm³/mol. The first-order valence-corrected chi connectivity index (χ1v) is 13.3. The average Bonchev–Trinajstić information content (AvgIpc) is 3.55. The van der Waals surface area contributed by atoms with Crippen molar-refractivity contribution in [2.24, 2.45) is 0 Å². The summed E-state index contributed by atoms with van der Waals surface area (Å²) in [5, 5.41) is 2.74. The molecule has 1 aromatic heterocycles. The summed E-state index contributed by atoms with van der Waals surface area (Å²) in [5.41, 5.74) is 4.09. The van der Waals surface area contributed by atoms with Gasteiger partial charge in [-0.2, -0.15) is 0 Å². The zero-order valence-corrected chi connectivity index (χ0v) is 21.7. The third-order valence-electron chi connectivity index (χ3n) is 7.50.